The molecule has 3 rings (SSSR count). The Hall–Kier alpha value is -1.44. The average Bonchev–Trinajstić information content (AvgIpc) is 3.54. The number of carbonyl (C=O) groups excluding carboxylic acids is 1. The smallest absolute Gasteiger partial charge is 0.251 e. The quantitative estimate of drug-likeness (QED) is 0.625. The van der Waals surface area contributed by atoms with Crippen LogP contribution >= 0.6 is 0 Å². The van der Waals surface area contributed by atoms with Gasteiger partial charge in [0.15, 0.2) is 0 Å². The Morgan fingerprint density at radius 3 is 2.75 bits per heavy atom. The normalized spacial score (nSPS) is 20.8. The minimum Gasteiger partial charge on any atom is -0.350 e. The van der Waals surface area contributed by atoms with E-state index in [1.807, 2.05) is 0 Å². The molecule has 28 heavy (non-hydrogen) atoms. The number of sulfonamides is 1. The Morgan fingerprint density at radius 1 is 1.18 bits per heavy atom. The number of carbonyl (C=O) groups is 1. The molecule has 0 aromatic heterocycles. The SMILES string of the molecule is CCCCN1CCCCC1CNC(=O)c1cccc(S(=O)(=O)NCC2CC2)c1. The fourth-order valence-electron chi connectivity index (χ4n) is 3.70. The molecule has 0 radical (unpaired) electrons. The fourth-order valence-corrected chi connectivity index (χ4v) is 4.86. The monoisotopic (exact) mass is 407 g/mol. The van der Waals surface area contributed by atoms with Crippen LogP contribution in [0.1, 0.15) is 62.2 Å². The molecule has 7 heteroatoms. The first-order valence-corrected chi connectivity index (χ1v) is 12.1. The summed E-state index contributed by atoms with van der Waals surface area (Å²) < 4.78 is 27.5. The molecule has 1 aromatic carbocycles. The van der Waals surface area contributed by atoms with Crippen molar-refractivity contribution in [1.29, 1.82) is 0 Å². The maximum atomic E-state index is 12.6. The van der Waals surface area contributed by atoms with Gasteiger partial charge in [-0.1, -0.05) is 25.8 Å². The summed E-state index contributed by atoms with van der Waals surface area (Å²) in [5, 5.41) is 3.02. The molecule has 2 fully saturated rings. The van der Waals surface area contributed by atoms with Gasteiger partial charge in [0.05, 0.1) is 4.90 Å². The van der Waals surface area contributed by atoms with Gasteiger partial charge in [-0.25, -0.2) is 13.1 Å². The fraction of sp³-hybridized carbons (Fsp3) is 0.667. The Kier molecular flexibility index (Phi) is 7.48. The third-order valence-corrected chi connectivity index (χ3v) is 7.13. The highest BCUT2D eigenvalue weighted by atomic mass is 32.2. The molecule has 1 heterocycles. The minimum absolute atomic E-state index is 0.156. The molecule has 1 amide bonds. The Morgan fingerprint density at radius 2 is 2.00 bits per heavy atom. The van der Waals surface area contributed by atoms with Crippen LogP contribution in [0.2, 0.25) is 0 Å². The van der Waals surface area contributed by atoms with Gasteiger partial charge in [0.1, 0.15) is 0 Å². The zero-order chi connectivity index (χ0) is 20.0. The lowest BCUT2D eigenvalue weighted by molar-refractivity contribution is 0.0912. The van der Waals surface area contributed by atoms with Gasteiger partial charge in [0.2, 0.25) is 10.0 Å². The number of benzene rings is 1. The first-order valence-electron chi connectivity index (χ1n) is 10.6. The number of likely N-dealkylation sites (tertiary alicyclic amines) is 1. The third kappa shape index (κ3) is 6.03. The van der Waals surface area contributed by atoms with Crippen LogP contribution in [0.4, 0.5) is 0 Å². The van der Waals surface area contributed by atoms with E-state index in [9.17, 15) is 13.2 Å². The van der Waals surface area contributed by atoms with Crippen molar-refractivity contribution < 1.29 is 13.2 Å². The molecule has 6 nitrogen and oxygen atoms in total. The second kappa shape index (κ2) is 9.85. The van der Waals surface area contributed by atoms with E-state index >= 15 is 0 Å². The molecule has 1 saturated carbocycles. The van der Waals surface area contributed by atoms with Crippen molar-refractivity contribution in [3.8, 4) is 0 Å². The molecule has 1 aliphatic heterocycles. The summed E-state index contributed by atoms with van der Waals surface area (Å²) in [6, 6.07) is 6.69. The number of nitrogens with one attached hydrogen (secondary N) is 2. The second-order valence-electron chi connectivity index (χ2n) is 8.07. The van der Waals surface area contributed by atoms with E-state index in [-0.39, 0.29) is 10.8 Å². The van der Waals surface area contributed by atoms with E-state index in [4.69, 9.17) is 0 Å². The maximum Gasteiger partial charge on any atom is 0.251 e. The maximum absolute atomic E-state index is 12.6. The molecular formula is C21H33N3O3S. The number of rotatable bonds is 10. The number of nitrogens with zero attached hydrogens (tertiary/aromatic N) is 1. The highest BCUT2D eigenvalue weighted by molar-refractivity contribution is 7.89. The van der Waals surface area contributed by atoms with Crippen LogP contribution in [-0.2, 0) is 10.0 Å². The second-order valence-corrected chi connectivity index (χ2v) is 9.84. The molecule has 0 spiro atoms. The lowest BCUT2D eigenvalue weighted by Crippen LogP contribution is -2.47. The van der Waals surface area contributed by atoms with Crippen LogP contribution in [0.15, 0.2) is 29.2 Å². The molecule has 1 saturated heterocycles. The van der Waals surface area contributed by atoms with Crippen molar-refractivity contribution in [3.05, 3.63) is 29.8 Å². The average molecular weight is 408 g/mol. The van der Waals surface area contributed by atoms with Gasteiger partial charge in [0.25, 0.3) is 5.91 Å². The predicted molar refractivity (Wildman–Crippen MR) is 111 cm³/mol. The first-order chi connectivity index (χ1) is 13.5. The van der Waals surface area contributed by atoms with Crippen molar-refractivity contribution in [2.75, 3.05) is 26.2 Å². The highest BCUT2D eigenvalue weighted by Gasteiger charge is 2.25. The zero-order valence-electron chi connectivity index (χ0n) is 16.8. The Bertz CT molecular complexity index is 762. The third-order valence-electron chi connectivity index (χ3n) is 5.71. The van der Waals surface area contributed by atoms with Gasteiger partial charge in [0, 0.05) is 24.7 Å². The van der Waals surface area contributed by atoms with Crippen LogP contribution in [0, 0.1) is 5.92 Å². The van der Waals surface area contributed by atoms with Gasteiger partial charge in [-0.2, -0.15) is 0 Å². The molecule has 156 valence electrons. The molecule has 1 atom stereocenters. The topological polar surface area (TPSA) is 78.5 Å². The van der Waals surface area contributed by atoms with Crippen molar-refractivity contribution in [1.82, 2.24) is 14.9 Å². The predicted octanol–water partition coefficient (Wildman–Crippen LogP) is 2.76. The number of unbranched alkanes of at least 4 members (excludes halogenated alkanes) is 1. The summed E-state index contributed by atoms with van der Waals surface area (Å²) in [4.78, 5) is 15.3. The van der Waals surface area contributed by atoms with Crippen LogP contribution in [0.25, 0.3) is 0 Å². The van der Waals surface area contributed by atoms with Gasteiger partial charge in [-0.15, -0.1) is 0 Å². The lowest BCUT2D eigenvalue weighted by Gasteiger charge is -2.35. The van der Waals surface area contributed by atoms with E-state index in [0.717, 1.165) is 32.4 Å². The van der Waals surface area contributed by atoms with E-state index in [1.54, 1.807) is 18.2 Å². The summed E-state index contributed by atoms with van der Waals surface area (Å²) in [5.74, 6) is 0.257. The van der Waals surface area contributed by atoms with E-state index in [2.05, 4.69) is 21.9 Å². The van der Waals surface area contributed by atoms with Crippen molar-refractivity contribution >= 4 is 15.9 Å². The first kappa shape index (κ1) is 21.3. The van der Waals surface area contributed by atoms with Crippen molar-refractivity contribution in [2.24, 2.45) is 5.92 Å². The Labute approximate surface area is 169 Å². The molecule has 1 aromatic rings. The van der Waals surface area contributed by atoms with Crippen molar-refractivity contribution in [2.45, 2.75) is 62.8 Å². The molecular weight excluding hydrogens is 374 g/mol. The summed E-state index contributed by atoms with van der Waals surface area (Å²) in [6.45, 7) is 5.47. The molecule has 2 N–H and O–H groups in total. The Balaban J connectivity index is 1.57. The number of hydrogen-bond acceptors (Lipinski definition) is 4. The van der Waals surface area contributed by atoms with Gasteiger partial charge in [-0.3, -0.25) is 9.69 Å². The number of piperidine rings is 1. The van der Waals surface area contributed by atoms with E-state index in [0.29, 0.717) is 30.6 Å². The standard InChI is InChI=1S/C21H33N3O3S/c1-2-3-12-24-13-5-4-8-19(24)16-22-21(25)18-7-6-9-20(14-18)28(26,27)23-15-17-10-11-17/h6-7,9,14,17,19,23H,2-5,8,10-13,15-16H2,1H3,(H,22,25). The molecule has 2 aliphatic rings. The molecule has 0 bridgehead atoms. The summed E-state index contributed by atoms with van der Waals surface area (Å²) >= 11 is 0. The number of hydrogen-bond donors (Lipinski definition) is 2. The minimum atomic E-state index is -3.56. The van der Waals surface area contributed by atoms with Gasteiger partial charge < -0.3 is 5.32 Å². The van der Waals surface area contributed by atoms with Crippen LogP contribution in [0.5, 0.6) is 0 Å². The largest absolute Gasteiger partial charge is 0.350 e. The van der Waals surface area contributed by atoms with Gasteiger partial charge in [-0.05, 0) is 69.3 Å². The highest BCUT2D eigenvalue weighted by Crippen LogP contribution is 2.28. The van der Waals surface area contributed by atoms with E-state index < -0.39 is 10.0 Å². The van der Waals surface area contributed by atoms with Gasteiger partial charge >= 0.3 is 0 Å². The summed E-state index contributed by atoms with van der Waals surface area (Å²) in [6.07, 6.45) is 8.04. The van der Waals surface area contributed by atoms with Crippen LogP contribution in [0.3, 0.4) is 0 Å². The molecule has 1 aliphatic carbocycles. The molecule has 1 unspecified atom stereocenters. The van der Waals surface area contributed by atoms with Crippen LogP contribution in [-0.4, -0.2) is 51.4 Å². The number of amides is 1. The van der Waals surface area contributed by atoms with Crippen LogP contribution < -0.4 is 10.0 Å². The lowest BCUT2D eigenvalue weighted by atomic mass is 10.0. The van der Waals surface area contributed by atoms with E-state index in [1.165, 1.54) is 31.7 Å². The zero-order valence-corrected chi connectivity index (χ0v) is 17.6. The summed E-state index contributed by atoms with van der Waals surface area (Å²) in [7, 11) is -3.56. The van der Waals surface area contributed by atoms with Crippen molar-refractivity contribution in [3.63, 3.8) is 0 Å². The summed E-state index contributed by atoms with van der Waals surface area (Å²) in [5.41, 5.74) is 0.394.